The number of aliphatic carboxylic acids is 1. The van der Waals surface area contributed by atoms with E-state index in [2.05, 4.69) is 0 Å². The standard InChI is InChI=1S/C18H19Cl2NO4S/c1-12-5-8-16(13(2)10-12)21(9-3-4-18(22)23)26(24,25)17-11-14(19)6-7-15(17)20/h5-8,10-11H,3-4,9H2,1-2H3,(H,22,23). The predicted molar refractivity (Wildman–Crippen MR) is 104 cm³/mol. The molecular formula is C18H19Cl2NO4S. The molecule has 0 bridgehead atoms. The Morgan fingerprint density at radius 3 is 2.42 bits per heavy atom. The maximum absolute atomic E-state index is 13.3. The first-order valence-electron chi connectivity index (χ1n) is 7.90. The summed E-state index contributed by atoms with van der Waals surface area (Å²) in [5, 5.41) is 9.19. The fourth-order valence-electron chi connectivity index (χ4n) is 2.62. The van der Waals surface area contributed by atoms with E-state index in [4.69, 9.17) is 28.3 Å². The lowest BCUT2D eigenvalue weighted by Gasteiger charge is -2.26. The molecule has 0 saturated carbocycles. The van der Waals surface area contributed by atoms with Gasteiger partial charge in [0.25, 0.3) is 10.0 Å². The molecule has 2 rings (SSSR count). The molecule has 0 radical (unpaired) electrons. The SMILES string of the molecule is Cc1ccc(N(CCCC(=O)O)S(=O)(=O)c2cc(Cl)ccc2Cl)c(C)c1. The maximum atomic E-state index is 13.3. The Hall–Kier alpha value is -1.76. The molecule has 2 aromatic carbocycles. The number of benzene rings is 2. The van der Waals surface area contributed by atoms with Crippen molar-refractivity contribution in [1.82, 2.24) is 0 Å². The maximum Gasteiger partial charge on any atom is 0.303 e. The average Bonchev–Trinajstić information content (AvgIpc) is 2.54. The van der Waals surface area contributed by atoms with Gasteiger partial charge in [0.05, 0.1) is 10.7 Å². The summed E-state index contributed by atoms with van der Waals surface area (Å²) in [6, 6.07) is 9.62. The average molecular weight is 416 g/mol. The molecule has 1 N–H and O–H groups in total. The highest BCUT2D eigenvalue weighted by Gasteiger charge is 2.28. The molecule has 0 saturated heterocycles. The lowest BCUT2D eigenvalue weighted by molar-refractivity contribution is -0.137. The van der Waals surface area contributed by atoms with E-state index in [1.165, 1.54) is 22.5 Å². The Kier molecular flexibility index (Phi) is 6.55. The van der Waals surface area contributed by atoms with E-state index in [0.717, 1.165) is 11.1 Å². The lowest BCUT2D eigenvalue weighted by atomic mass is 10.1. The van der Waals surface area contributed by atoms with Gasteiger partial charge in [-0.1, -0.05) is 40.9 Å². The third kappa shape index (κ3) is 4.69. The van der Waals surface area contributed by atoms with Crippen molar-refractivity contribution in [3.63, 3.8) is 0 Å². The number of hydrogen-bond acceptors (Lipinski definition) is 3. The lowest BCUT2D eigenvalue weighted by Crippen LogP contribution is -2.33. The summed E-state index contributed by atoms with van der Waals surface area (Å²) in [4.78, 5) is 10.7. The highest BCUT2D eigenvalue weighted by molar-refractivity contribution is 7.93. The third-order valence-electron chi connectivity index (χ3n) is 3.83. The fraction of sp³-hybridized carbons (Fsp3) is 0.278. The molecule has 0 aliphatic heterocycles. The quantitative estimate of drug-likeness (QED) is 0.712. The molecule has 0 aliphatic carbocycles. The van der Waals surface area contributed by atoms with Crippen LogP contribution in [-0.2, 0) is 14.8 Å². The molecule has 8 heteroatoms. The van der Waals surface area contributed by atoms with Gasteiger partial charge in [-0.25, -0.2) is 8.42 Å². The minimum absolute atomic E-state index is 0.0153. The zero-order valence-electron chi connectivity index (χ0n) is 14.4. The third-order valence-corrected chi connectivity index (χ3v) is 6.36. The van der Waals surface area contributed by atoms with Crippen LogP contribution in [0.1, 0.15) is 24.0 Å². The van der Waals surface area contributed by atoms with Gasteiger partial charge in [0.1, 0.15) is 4.90 Å². The summed E-state index contributed by atoms with van der Waals surface area (Å²) in [5.74, 6) is -0.983. The van der Waals surface area contributed by atoms with Gasteiger partial charge in [0.15, 0.2) is 0 Å². The van der Waals surface area contributed by atoms with Crippen molar-refractivity contribution in [1.29, 1.82) is 0 Å². The van der Waals surface area contributed by atoms with Crippen LogP contribution in [0.5, 0.6) is 0 Å². The Bertz CT molecular complexity index is 929. The molecule has 0 aromatic heterocycles. The van der Waals surface area contributed by atoms with Gasteiger partial charge in [0, 0.05) is 18.0 Å². The number of sulfonamides is 1. The molecule has 0 heterocycles. The van der Waals surface area contributed by atoms with Crippen LogP contribution in [0.25, 0.3) is 0 Å². The van der Waals surface area contributed by atoms with Gasteiger partial charge >= 0.3 is 5.97 Å². The van der Waals surface area contributed by atoms with Gasteiger partial charge in [-0.3, -0.25) is 9.10 Å². The van der Waals surface area contributed by atoms with Crippen LogP contribution in [-0.4, -0.2) is 26.0 Å². The second-order valence-corrected chi connectivity index (χ2v) is 8.61. The number of halogens is 2. The van der Waals surface area contributed by atoms with Crippen molar-refractivity contribution >= 4 is 44.9 Å². The molecule has 0 aliphatic rings. The number of carbonyl (C=O) groups is 1. The summed E-state index contributed by atoms with van der Waals surface area (Å²) >= 11 is 12.1. The number of aryl methyl sites for hydroxylation is 2. The molecule has 26 heavy (non-hydrogen) atoms. The van der Waals surface area contributed by atoms with Crippen LogP contribution in [0, 0.1) is 13.8 Å². The predicted octanol–water partition coefficient (Wildman–Crippen LogP) is 4.67. The van der Waals surface area contributed by atoms with Crippen molar-refractivity contribution in [2.75, 3.05) is 10.8 Å². The number of anilines is 1. The van der Waals surface area contributed by atoms with Gasteiger partial charge < -0.3 is 5.11 Å². The molecule has 5 nitrogen and oxygen atoms in total. The normalized spacial score (nSPS) is 11.4. The van der Waals surface area contributed by atoms with Crippen molar-refractivity contribution in [2.24, 2.45) is 0 Å². The van der Waals surface area contributed by atoms with Gasteiger partial charge in [-0.2, -0.15) is 0 Å². The zero-order chi connectivity index (χ0) is 19.5. The smallest absolute Gasteiger partial charge is 0.303 e. The number of nitrogens with zero attached hydrogens (tertiary/aromatic N) is 1. The number of carboxylic acid groups (broad SMARTS) is 1. The monoisotopic (exact) mass is 415 g/mol. The molecule has 140 valence electrons. The summed E-state index contributed by atoms with van der Waals surface area (Å²) < 4.78 is 27.7. The zero-order valence-corrected chi connectivity index (χ0v) is 16.7. The number of rotatable bonds is 7. The summed E-state index contributed by atoms with van der Waals surface area (Å²) in [5.41, 5.74) is 2.24. The summed E-state index contributed by atoms with van der Waals surface area (Å²) in [7, 11) is -4.02. The Morgan fingerprint density at radius 2 is 1.81 bits per heavy atom. The van der Waals surface area contributed by atoms with E-state index < -0.39 is 16.0 Å². The minimum atomic E-state index is -4.02. The molecular weight excluding hydrogens is 397 g/mol. The van der Waals surface area contributed by atoms with Crippen LogP contribution < -0.4 is 4.31 Å². The Morgan fingerprint density at radius 1 is 1.12 bits per heavy atom. The number of carboxylic acids is 1. The van der Waals surface area contributed by atoms with Gasteiger partial charge in [-0.15, -0.1) is 0 Å². The van der Waals surface area contributed by atoms with E-state index >= 15 is 0 Å². The number of hydrogen-bond donors (Lipinski definition) is 1. The van der Waals surface area contributed by atoms with Crippen molar-refractivity contribution in [3.8, 4) is 0 Å². The van der Waals surface area contributed by atoms with Crippen LogP contribution in [0.4, 0.5) is 5.69 Å². The Balaban J connectivity index is 2.54. The molecule has 0 fully saturated rings. The van der Waals surface area contributed by atoms with Gasteiger partial charge in [0.2, 0.25) is 0 Å². The van der Waals surface area contributed by atoms with E-state index in [9.17, 15) is 13.2 Å². The molecule has 0 spiro atoms. The molecule has 2 aromatic rings. The van der Waals surface area contributed by atoms with E-state index in [-0.39, 0.29) is 34.3 Å². The van der Waals surface area contributed by atoms with Crippen LogP contribution in [0.2, 0.25) is 10.0 Å². The van der Waals surface area contributed by atoms with E-state index in [0.29, 0.717) is 5.69 Å². The second-order valence-electron chi connectivity index (χ2n) is 5.94. The van der Waals surface area contributed by atoms with E-state index in [1.807, 2.05) is 26.0 Å². The van der Waals surface area contributed by atoms with Gasteiger partial charge in [-0.05, 0) is 50.1 Å². The first-order chi connectivity index (χ1) is 12.1. The molecule has 0 amide bonds. The van der Waals surface area contributed by atoms with Crippen molar-refractivity contribution < 1.29 is 18.3 Å². The van der Waals surface area contributed by atoms with Crippen molar-refractivity contribution in [3.05, 3.63) is 57.6 Å². The van der Waals surface area contributed by atoms with Crippen LogP contribution >= 0.6 is 23.2 Å². The first-order valence-corrected chi connectivity index (χ1v) is 10.1. The van der Waals surface area contributed by atoms with Crippen LogP contribution in [0.3, 0.4) is 0 Å². The topological polar surface area (TPSA) is 74.7 Å². The minimum Gasteiger partial charge on any atom is -0.481 e. The first kappa shape index (κ1) is 20.6. The molecule has 0 unspecified atom stereocenters. The van der Waals surface area contributed by atoms with Crippen molar-refractivity contribution in [2.45, 2.75) is 31.6 Å². The second kappa shape index (κ2) is 8.29. The summed E-state index contributed by atoms with van der Waals surface area (Å²) in [6.07, 6.45) is 0.0280. The fourth-order valence-corrected chi connectivity index (χ4v) is 4.93. The summed E-state index contributed by atoms with van der Waals surface area (Å²) in [6.45, 7) is 3.73. The van der Waals surface area contributed by atoms with Crippen LogP contribution in [0.15, 0.2) is 41.3 Å². The highest BCUT2D eigenvalue weighted by Crippen LogP contribution is 2.32. The van der Waals surface area contributed by atoms with E-state index in [1.54, 1.807) is 6.07 Å². The Labute approximate surface area is 163 Å². The largest absolute Gasteiger partial charge is 0.481 e. The highest BCUT2D eigenvalue weighted by atomic mass is 35.5. The molecule has 0 atom stereocenters.